The zero-order chi connectivity index (χ0) is 54.1. The van der Waals surface area contributed by atoms with Crippen LogP contribution in [0.5, 0.6) is 0 Å². The van der Waals surface area contributed by atoms with Crippen molar-refractivity contribution in [3.8, 4) is 33.4 Å². The van der Waals surface area contributed by atoms with Gasteiger partial charge >= 0.3 is 0 Å². The summed E-state index contributed by atoms with van der Waals surface area (Å²) < 4.78 is 0. The van der Waals surface area contributed by atoms with Crippen LogP contribution in [-0.2, 0) is 0 Å². The van der Waals surface area contributed by atoms with E-state index in [1.54, 1.807) is 0 Å². The minimum atomic E-state index is 1.12. The van der Waals surface area contributed by atoms with Gasteiger partial charge in [0, 0.05) is 33.5 Å². The first-order valence-electron chi connectivity index (χ1n) is 27.9. The highest BCUT2D eigenvalue weighted by Crippen LogP contribution is 2.46. The van der Waals surface area contributed by atoms with Gasteiger partial charge in [0.05, 0.1) is 11.4 Å². The van der Waals surface area contributed by atoms with Crippen molar-refractivity contribution in [3.63, 3.8) is 0 Å². The van der Waals surface area contributed by atoms with Crippen LogP contribution in [0.1, 0.15) is 5.56 Å². The van der Waals surface area contributed by atoms with Gasteiger partial charge in [0.25, 0.3) is 0 Å². The molecule has 0 unspecified atom stereocenters. The fourth-order valence-electron chi connectivity index (χ4n) is 12.0. The third-order valence-electron chi connectivity index (χ3n) is 15.9. The monoisotopic (exact) mass is 1030 g/mol. The molecule has 0 bridgehead atoms. The fraction of sp³-hybridized carbons (Fsp3) is 0.0127. The number of aryl methyl sites for hydroxylation is 1. The molecule has 0 aliphatic heterocycles. The number of nitrogens with zero attached hydrogens (tertiary/aromatic N) is 2. The lowest BCUT2D eigenvalue weighted by Gasteiger charge is -2.27. The van der Waals surface area contributed by atoms with Crippen LogP contribution < -0.4 is 9.80 Å². The third-order valence-corrected chi connectivity index (χ3v) is 15.9. The van der Waals surface area contributed by atoms with Crippen LogP contribution in [0.2, 0.25) is 0 Å². The standard InChI is InChI=1S/C44H32N2.C35H24/c1-3-17-37(18-4-1)45(43-23-11-15-35-13-7-9-21-41(35)43)39-29-25-33(26-30-39)34-27-31-40(32-28-34)46(38-19-5-2-6-20-38)44-24-12-16-36-14-8-10-22-42(36)44;1-23-14-19-32-33(20-23)35(29-18-16-25-9-3-5-11-27(25)22-29)31-13-7-6-12-30(31)34(32)28-17-15-24-8-2-4-10-26(24)21-28/h1-32H;2-22H,1H3. The van der Waals surface area contributed by atoms with Crippen molar-refractivity contribution in [1.82, 2.24) is 0 Å². The van der Waals surface area contributed by atoms with Crippen LogP contribution in [0.25, 0.3) is 98.0 Å². The molecule has 0 fully saturated rings. The number of hydrogen-bond donors (Lipinski definition) is 0. The van der Waals surface area contributed by atoms with E-state index < -0.39 is 0 Å². The average molecular weight is 1030 g/mol. The molecule has 382 valence electrons. The highest BCUT2D eigenvalue weighted by Gasteiger charge is 2.20. The highest BCUT2D eigenvalue weighted by atomic mass is 15.1. The van der Waals surface area contributed by atoms with Gasteiger partial charge in [-0.25, -0.2) is 0 Å². The molecule has 15 aromatic rings. The predicted molar refractivity (Wildman–Crippen MR) is 348 cm³/mol. The van der Waals surface area contributed by atoms with Gasteiger partial charge in [0.2, 0.25) is 0 Å². The maximum absolute atomic E-state index is 2.36. The Bertz CT molecular complexity index is 4580. The van der Waals surface area contributed by atoms with E-state index in [4.69, 9.17) is 0 Å². The zero-order valence-electron chi connectivity index (χ0n) is 45.0. The molecule has 0 heterocycles. The number of para-hydroxylation sites is 2. The van der Waals surface area contributed by atoms with Crippen molar-refractivity contribution in [2.45, 2.75) is 6.92 Å². The molecule has 2 nitrogen and oxygen atoms in total. The normalized spacial score (nSPS) is 11.3. The van der Waals surface area contributed by atoms with Gasteiger partial charge in [0.1, 0.15) is 0 Å². The first-order valence-corrected chi connectivity index (χ1v) is 27.9. The average Bonchev–Trinajstić information content (AvgIpc) is 3.53. The van der Waals surface area contributed by atoms with E-state index in [2.05, 4.69) is 338 Å². The van der Waals surface area contributed by atoms with E-state index in [1.807, 2.05) is 0 Å². The topological polar surface area (TPSA) is 6.48 Å². The molecule has 0 aliphatic carbocycles. The number of hydrogen-bond acceptors (Lipinski definition) is 2. The largest absolute Gasteiger partial charge is 0.310 e. The summed E-state index contributed by atoms with van der Waals surface area (Å²) in [7, 11) is 0. The molecule has 0 spiro atoms. The molecule has 0 atom stereocenters. The summed E-state index contributed by atoms with van der Waals surface area (Å²) in [5.74, 6) is 0. The van der Waals surface area contributed by atoms with Crippen LogP contribution in [0, 0.1) is 6.92 Å². The van der Waals surface area contributed by atoms with E-state index in [9.17, 15) is 0 Å². The van der Waals surface area contributed by atoms with Crippen LogP contribution >= 0.6 is 0 Å². The molecule has 15 rings (SSSR count). The molecule has 15 aromatic carbocycles. The summed E-state index contributed by atoms with van der Waals surface area (Å²) in [4.78, 5) is 4.69. The summed E-state index contributed by atoms with van der Waals surface area (Å²) in [6, 6.07) is 116. The lowest BCUT2D eigenvalue weighted by molar-refractivity contribution is 1.29. The minimum Gasteiger partial charge on any atom is -0.310 e. The van der Waals surface area contributed by atoms with E-state index in [0.29, 0.717) is 0 Å². The molecule has 0 aliphatic rings. The molecule has 0 saturated heterocycles. The molecular formula is C79H56N2. The Morgan fingerprint density at radius 1 is 0.198 bits per heavy atom. The SMILES string of the molecule is Cc1ccc2c(-c3ccc4ccccc4c3)c3ccccc3c(-c3ccc4ccccc4c3)c2c1.c1ccc(N(c2ccc(-c3ccc(N(c4ccccc4)c4cccc5ccccc45)cc3)cc2)c2cccc3ccccc23)cc1. The lowest BCUT2D eigenvalue weighted by atomic mass is 9.84. The van der Waals surface area contributed by atoms with E-state index in [-0.39, 0.29) is 0 Å². The molecule has 2 heteroatoms. The molecule has 0 saturated carbocycles. The summed E-state index contributed by atoms with van der Waals surface area (Å²) >= 11 is 0. The molecular weight excluding hydrogens is 977 g/mol. The Labute approximate surface area is 473 Å². The maximum atomic E-state index is 2.36. The Balaban J connectivity index is 0.000000151. The predicted octanol–water partition coefficient (Wildman–Crippen LogP) is 22.5. The van der Waals surface area contributed by atoms with Crippen LogP contribution in [0.4, 0.5) is 34.1 Å². The van der Waals surface area contributed by atoms with Gasteiger partial charge in [-0.3, -0.25) is 0 Å². The Morgan fingerprint density at radius 2 is 0.531 bits per heavy atom. The highest BCUT2D eigenvalue weighted by molar-refractivity contribution is 6.22. The molecule has 0 radical (unpaired) electrons. The quantitative estimate of drug-likeness (QED) is 0.133. The van der Waals surface area contributed by atoms with E-state index >= 15 is 0 Å². The van der Waals surface area contributed by atoms with Crippen LogP contribution in [0.3, 0.4) is 0 Å². The summed E-state index contributed by atoms with van der Waals surface area (Å²) in [6.07, 6.45) is 0. The van der Waals surface area contributed by atoms with Crippen LogP contribution in [0.15, 0.2) is 322 Å². The van der Waals surface area contributed by atoms with Crippen molar-refractivity contribution in [2.24, 2.45) is 0 Å². The Hall–Kier alpha value is -10.5. The van der Waals surface area contributed by atoms with Gasteiger partial charge in [-0.2, -0.15) is 0 Å². The van der Waals surface area contributed by atoms with E-state index in [1.165, 1.54) is 104 Å². The van der Waals surface area contributed by atoms with Gasteiger partial charge in [-0.15, -0.1) is 0 Å². The Morgan fingerprint density at radius 3 is 0.988 bits per heavy atom. The second-order valence-corrected chi connectivity index (χ2v) is 20.9. The van der Waals surface area contributed by atoms with Crippen molar-refractivity contribution in [1.29, 1.82) is 0 Å². The van der Waals surface area contributed by atoms with Crippen molar-refractivity contribution >= 4 is 98.8 Å². The second-order valence-electron chi connectivity index (χ2n) is 20.9. The summed E-state index contributed by atoms with van der Waals surface area (Å²) in [6.45, 7) is 2.19. The number of fused-ring (bicyclic) bond motifs is 6. The smallest absolute Gasteiger partial charge is 0.0540 e. The van der Waals surface area contributed by atoms with Gasteiger partial charge < -0.3 is 9.80 Å². The first kappa shape index (κ1) is 48.8. The summed E-state index contributed by atoms with van der Waals surface area (Å²) in [5, 5.41) is 15.2. The van der Waals surface area contributed by atoms with Gasteiger partial charge in [-0.05, 0) is 167 Å². The van der Waals surface area contributed by atoms with Gasteiger partial charge in [-0.1, -0.05) is 254 Å². The minimum absolute atomic E-state index is 1.12. The molecule has 0 N–H and O–H groups in total. The fourth-order valence-corrected chi connectivity index (χ4v) is 12.0. The number of anilines is 6. The molecule has 0 amide bonds. The van der Waals surface area contributed by atoms with Crippen molar-refractivity contribution in [3.05, 3.63) is 327 Å². The van der Waals surface area contributed by atoms with Crippen molar-refractivity contribution < 1.29 is 0 Å². The summed E-state index contributed by atoms with van der Waals surface area (Å²) in [5.41, 5.74) is 15.6. The molecule has 81 heavy (non-hydrogen) atoms. The number of rotatable bonds is 9. The number of benzene rings is 15. The van der Waals surface area contributed by atoms with Crippen molar-refractivity contribution in [2.75, 3.05) is 9.80 Å². The first-order chi connectivity index (χ1) is 40.1. The third kappa shape index (κ3) is 9.39. The van der Waals surface area contributed by atoms with Gasteiger partial charge in [0.15, 0.2) is 0 Å². The van der Waals surface area contributed by atoms with Crippen LogP contribution in [-0.4, -0.2) is 0 Å². The molecule has 0 aromatic heterocycles. The van der Waals surface area contributed by atoms with E-state index in [0.717, 1.165) is 34.1 Å². The maximum Gasteiger partial charge on any atom is 0.0540 e. The zero-order valence-corrected chi connectivity index (χ0v) is 45.0. The lowest BCUT2D eigenvalue weighted by Crippen LogP contribution is -2.10. The second kappa shape index (κ2) is 21.4. The Kier molecular flexibility index (Phi) is 12.9.